The van der Waals surface area contributed by atoms with Gasteiger partial charge in [0, 0.05) is 25.0 Å². The van der Waals surface area contributed by atoms with Crippen molar-refractivity contribution in [2.45, 2.75) is 20.0 Å². The summed E-state index contributed by atoms with van der Waals surface area (Å²) in [6.45, 7) is 2.17. The first-order chi connectivity index (χ1) is 9.45. The summed E-state index contributed by atoms with van der Waals surface area (Å²) in [4.78, 5) is 25.2. The molecule has 2 aromatic heterocycles. The van der Waals surface area contributed by atoms with Crippen molar-refractivity contribution >= 4 is 11.6 Å². The van der Waals surface area contributed by atoms with Crippen LogP contribution in [0, 0.1) is 6.92 Å². The second-order valence-electron chi connectivity index (χ2n) is 4.69. The summed E-state index contributed by atoms with van der Waals surface area (Å²) in [6.07, 6.45) is 1.46. The molecule has 0 spiro atoms. The van der Waals surface area contributed by atoms with Crippen LogP contribution in [0.25, 0.3) is 0 Å². The van der Waals surface area contributed by atoms with Crippen LogP contribution < -0.4 is 11.3 Å². The lowest BCUT2D eigenvalue weighted by Gasteiger charge is -2.16. The highest BCUT2D eigenvalue weighted by molar-refractivity contribution is 5.75. The van der Waals surface area contributed by atoms with E-state index in [1.165, 1.54) is 27.8 Å². The van der Waals surface area contributed by atoms with E-state index in [0.717, 1.165) is 5.76 Å². The number of nitrogens with two attached hydrogens (primary N) is 1. The van der Waals surface area contributed by atoms with Crippen molar-refractivity contribution in [3.63, 3.8) is 0 Å². The molecule has 1 amide bonds. The molecule has 2 aromatic rings. The summed E-state index contributed by atoms with van der Waals surface area (Å²) in [5.41, 5.74) is 5.80. The molecule has 0 atom stereocenters. The van der Waals surface area contributed by atoms with Gasteiger partial charge in [0.1, 0.15) is 18.1 Å². The Hall–Kier alpha value is -2.50. The first kappa shape index (κ1) is 13.9. The fraction of sp³-hybridized carbons (Fsp3) is 0.286. The molecule has 0 radical (unpaired) electrons. The standard InChI is InChI=1S/C14H17N3O3/c1-10-3-5-12(20-10)8-16(2)14(19)9-17-7-11(15)4-6-13(17)18/h3-7H,8-9,15H2,1-2H3. The quantitative estimate of drug-likeness (QED) is 0.902. The minimum atomic E-state index is -0.255. The van der Waals surface area contributed by atoms with Gasteiger partial charge in [-0.05, 0) is 25.1 Å². The fourth-order valence-electron chi connectivity index (χ4n) is 1.83. The highest BCUT2D eigenvalue weighted by atomic mass is 16.3. The number of rotatable bonds is 4. The van der Waals surface area contributed by atoms with E-state index in [-0.39, 0.29) is 18.0 Å². The van der Waals surface area contributed by atoms with Gasteiger partial charge >= 0.3 is 0 Å². The van der Waals surface area contributed by atoms with Crippen molar-refractivity contribution in [1.29, 1.82) is 0 Å². The highest BCUT2D eigenvalue weighted by Crippen LogP contribution is 2.09. The van der Waals surface area contributed by atoms with Crippen molar-refractivity contribution in [2.24, 2.45) is 0 Å². The number of anilines is 1. The molecular formula is C14H17N3O3. The normalized spacial score (nSPS) is 10.5. The number of hydrogen-bond donors (Lipinski definition) is 1. The van der Waals surface area contributed by atoms with Gasteiger partial charge in [0.2, 0.25) is 5.91 Å². The van der Waals surface area contributed by atoms with Crippen molar-refractivity contribution in [3.05, 3.63) is 52.3 Å². The number of likely N-dealkylation sites (N-methyl/N-ethyl adjacent to an activating group) is 1. The molecule has 2 heterocycles. The van der Waals surface area contributed by atoms with E-state index in [9.17, 15) is 9.59 Å². The predicted octanol–water partition coefficient (Wildman–Crippen LogP) is 0.991. The molecule has 2 N–H and O–H groups in total. The van der Waals surface area contributed by atoms with Gasteiger partial charge in [-0.15, -0.1) is 0 Å². The third kappa shape index (κ3) is 3.28. The summed E-state index contributed by atoms with van der Waals surface area (Å²) < 4.78 is 6.71. The van der Waals surface area contributed by atoms with Gasteiger partial charge in [-0.2, -0.15) is 0 Å². The van der Waals surface area contributed by atoms with Crippen LogP contribution in [0.2, 0.25) is 0 Å². The fourth-order valence-corrected chi connectivity index (χ4v) is 1.83. The first-order valence-electron chi connectivity index (χ1n) is 6.21. The molecule has 6 heteroatoms. The SMILES string of the molecule is Cc1ccc(CN(C)C(=O)Cn2cc(N)ccc2=O)o1. The predicted molar refractivity (Wildman–Crippen MR) is 75.0 cm³/mol. The Labute approximate surface area is 116 Å². The van der Waals surface area contributed by atoms with E-state index in [0.29, 0.717) is 18.0 Å². The smallest absolute Gasteiger partial charge is 0.251 e. The summed E-state index contributed by atoms with van der Waals surface area (Å²) in [6, 6.07) is 6.53. The van der Waals surface area contributed by atoms with Crippen molar-refractivity contribution in [3.8, 4) is 0 Å². The van der Waals surface area contributed by atoms with Crippen LogP contribution in [0.1, 0.15) is 11.5 Å². The summed E-state index contributed by atoms with van der Waals surface area (Å²) >= 11 is 0. The number of nitrogen functional groups attached to an aromatic ring is 1. The van der Waals surface area contributed by atoms with E-state index in [1.807, 2.05) is 19.1 Å². The van der Waals surface area contributed by atoms with E-state index >= 15 is 0 Å². The van der Waals surface area contributed by atoms with Crippen molar-refractivity contribution in [1.82, 2.24) is 9.47 Å². The largest absolute Gasteiger partial charge is 0.464 e. The molecule has 0 saturated heterocycles. The lowest BCUT2D eigenvalue weighted by Crippen LogP contribution is -2.33. The molecule has 0 saturated carbocycles. The minimum absolute atomic E-state index is 0.0416. The topological polar surface area (TPSA) is 81.5 Å². The molecule has 106 valence electrons. The maximum absolute atomic E-state index is 12.1. The highest BCUT2D eigenvalue weighted by Gasteiger charge is 2.12. The maximum Gasteiger partial charge on any atom is 0.251 e. The van der Waals surface area contributed by atoms with Gasteiger partial charge in [-0.3, -0.25) is 9.59 Å². The number of aryl methyl sites for hydroxylation is 1. The summed E-state index contributed by atoms with van der Waals surface area (Å²) in [5.74, 6) is 1.32. The number of hydrogen-bond acceptors (Lipinski definition) is 4. The van der Waals surface area contributed by atoms with Gasteiger partial charge in [0.05, 0.1) is 6.54 Å². The molecule has 0 bridgehead atoms. The summed E-state index contributed by atoms with van der Waals surface area (Å²) in [7, 11) is 1.66. The average Bonchev–Trinajstić information content (AvgIpc) is 2.79. The second kappa shape index (κ2) is 5.64. The molecule has 0 fully saturated rings. The molecule has 0 unspecified atom stereocenters. The number of pyridine rings is 1. The number of carbonyl (C=O) groups excluding carboxylic acids is 1. The number of amides is 1. The summed E-state index contributed by atoms with van der Waals surface area (Å²) in [5, 5.41) is 0. The molecule has 20 heavy (non-hydrogen) atoms. The number of furan rings is 1. The third-order valence-electron chi connectivity index (χ3n) is 2.93. The molecular weight excluding hydrogens is 258 g/mol. The van der Waals surface area contributed by atoms with Gasteiger partial charge < -0.3 is 19.6 Å². The number of aromatic nitrogens is 1. The lowest BCUT2D eigenvalue weighted by atomic mass is 10.3. The molecule has 2 rings (SSSR count). The van der Waals surface area contributed by atoms with Crippen LogP contribution >= 0.6 is 0 Å². The first-order valence-corrected chi connectivity index (χ1v) is 6.21. The zero-order valence-electron chi connectivity index (χ0n) is 11.5. The van der Waals surface area contributed by atoms with E-state index < -0.39 is 0 Å². The number of nitrogens with zero attached hydrogens (tertiary/aromatic N) is 2. The molecule has 0 aliphatic carbocycles. The van der Waals surface area contributed by atoms with E-state index in [4.69, 9.17) is 10.2 Å². The van der Waals surface area contributed by atoms with Crippen LogP contribution in [0.5, 0.6) is 0 Å². The second-order valence-corrected chi connectivity index (χ2v) is 4.69. The van der Waals surface area contributed by atoms with E-state index in [1.54, 1.807) is 7.05 Å². The Morgan fingerprint density at radius 3 is 2.75 bits per heavy atom. The third-order valence-corrected chi connectivity index (χ3v) is 2.93. The van der Waals surface area contributed by atoms with Crippen molar-refractivity contribution < 1.29 is 9.21 Å². The zero-order valence-corrected chi connectivity index (χ0v) is 11.5. The van der Waals surface area contributed by atoms with Crippen LogP contribution in [-0.4, -0.2) is 22.4 Å². The Bertz CT molecular complexity index is 672. The monoisotopic (exact) mass is 275 g/mol. The molecule has 0 aliphatic rings. The van der Waals surface area contributed by atoms with Crippen LogP contribution in [0.3, 0.4) is 0 Å². The van der Waals surface area contributed by atoms with Gasteiger partial charge in [-0.25, -0.2) is 0 Å². The molecule has 0 aromatic carbocycles. The molecule has 6 nitrogen and oxygen atoms in total. The lowest BCUT2D eigenvalue weighted by molar-refractivity contribution is -0.131. The van der Waals surface area contributed by atoms with Crippen LogP contribution in [0.4, 0.5) is 5.69 Å². The van der Waals surface area contributed by atoms with Gasteiger partial charge in [0.15, 0.2) is 0 Å². The molecule has 0 aliphatic heterocycles. The Balaban J connectivity index is 2.04. The number of carbonyl (C=O) groups is 1. The minimum Gasteiger partial charge on any atom is -0.464 e. The van der Waals surface area contributed by atoms with Crippen LogP contribution in [-0.2, 0) is 17.9 Å². The van der Waals surface area contributed by atoms with Crippen molar-refractivity contribution in [2.75, 3.05) is 12.8 Å². The van der Waals surface area contributed by atoms with Crippen LogP contribution in [0.15, 0.2) is 39.7 Å². The Kier molecular flexibility index (Phi) is 3.93. The van der Waals surface area contributed by atoms with Gasteiger partial charge in [-0.1, -0.05) is 0 Å². The zero-order chi connectivity index (χ0) is 14.7. The Morgan fingerprint density at radius 1 is 1.35 bits per heavy atom. The maximum atomic E-state index is 12.1. The Morgan fingerprint density at radius 2 is 2.10 bits per heavy atom. The van der Waals surface area contributed by atoms with E-state index in [2.05, 4.69) is 0 Å². The van der Waals surface area contributed by atoms with Gasteiger partial charge in [0.25, 0.3) is 5.56 Å². The average molecular weight is 275 g/mol.